The normalized spacial score (nSPS) is 21.3. The van der Waals surface area contributed by atoms with Crippen LogP contribution in [0.25, 0.3) is 0 Å². The summed E-state index contributed by atoms with van der Waals surface area (Å²) in [4.78, 5) is 12.3. The number of hydrogen-bond acceptors (Lipinski definition) is 1. The topological polar surface area (TPSA) is 17.1 Å². The molecular weight excluding hydrogens is 312 g/mol. The SMILES string of the molecule is O=C1CC2(CCCCC2)c2c(Cl)cc(CBr)cc21. The van der Waals surface area contributed by atoms with Crippen LogP contribution in [0.3, 0.4) is 0 Å². The third kappa shape index (κ3) is 1.85. The first-order valence-electron chi connectivity index (χ1n) is 6.58. The van der Waals surface area contributed by atoms with E-state index in [1.54, 1.807) is 0 Å². The number of benzene rings is 1. The van der Waals surface area contributed by atoms with Gasteiger partial charge in [-0.1, -0.05) is 46.8 Å². The van der Waals surface area contributed by atoms with Gasteiger partial charge in [-0.25, -0.2) is 0 Å². The zero-order chi connectivity index (χ0) is 12.8. The zero-order valence-corrected chi connectivity index (χ0v) is 12.6. The van der Waals surface area contributed by atoms with Crippen molar-refractivity contribution in [2.24, 2.45) is 0 Å². The van der Waals surface area contributed by atoms with E-state index in [-0.39, 0.29) is 11.2 Å². The molecule has 3 rings (SSSR count). The molecule has 0 bridgehead atoms. The summed E-state index contributed by atoms with van der Waals surface area (Å²) in [6.45, 7) is 0. The summed E-state index contributed by atoms with van der Waals surface area (Å²) in [6.07, 6.45) is 6.67. The van der Waals surface area contributed by atoms with E-state index in [0.29, 0.717) is 6.42 Å². The second kappa shape index (κ2) is 4.64. The monoisotopic (exact) mass is 326 g/mol. The summed E-state index contributed by atoms with van der Waals surface area (Å²) in [5.74, 6) is 0.289. The van der Waals surface area contributed by atoms with Crippen LogP contribution in [0.2, 0.25) is 5.02 Å². The molecule has 18 heavy (non-hydrogen) atoms. The minimum Gasteiger partial charge on any atom is -0.294 e. The molecule has 3 heteroatoms. The summed E-state index contributed by atoms with van der Waals surface area (Å²) in [5, 5.41) is 1.55. The number of hydrogen-bond donors (Lipinski definition) is 0. The van der Waals surface area contributed by atoms with Crippen molar-refractivity contribution in [3.05, 3.63) is 33.8 Å². The van der Waals surface area contributed by atoms with Crippen molar-refractivity contribution in [3.63, 3.8) is 0 Å². The molecule has 0 radical (unpaired) electrons. The lowest BCUT2D eigenvalue weighted by atomic mass is 9.70. The van der Waals surface area contributed by atoms with Gasteiger partial charge < -0.3 is 0 Å². The molecule has 2 aliphatic carbocycles. The third-order valence-corrected chi connectivity index (χ3v) is 5.39. The van der Waals surface area contributed by atoms with E-state index in [9.17, 15) is 4.79 Å². The van der Waals surface area contributed by atoms with Crippen molar-refractivity contribution >= 4 is 33.3 Å². The summed E-state index contributed by atoms with van der Waals surface area (Å²) in [5.41, 5.74) is 3.20. The summed E-state index contributed by atoms with van der Waals surface area (Å²) in [7, 11) is 0. The molecule has 0 amide bonds. The van der Waals surface area contributed by atoms with E-state index < -0.39 is 0 Å². The van der Waals surface area contributed by atoms with Gasteiger partial charge in [0.2, 0.25) is 0 Å². The van der Waals surface area contributed by atoms with E-state index in [4.69, 9.17) is 11.6 Å². The van der Waals surface area contributed by atoms with Crippen molar-refractivity contribution in [1.29, 1.82) is 0 Å². The van der Waals surface area contributed by atoms with Gasteiger partial charge in [0.1, 0.15) is 0 Å². The molecule has 0 heterocycles. The summed E-state index contributed by atoms with van der Waals surface area (Å²) >= 11 is 9.91. The lowest BCUT2D eigenvalue weighted by Gasteiger charge is -2.34. The Balaban J connectivity index is 2.15. The van der Waals surface area contributed by atoms with Gasteiger partial charge in [-0.15, -0.1) is 0 Å². The minimum absolute atomic E-state index is 0.0621. The predicted molar refractivity (Wildman–Crippen MR) is 77.8 cm³/mol. The van der Waals surface area contributed by atoms with Crippen LogP contribution in [0.1, 0.15) is 60.0 Å². The molecule has 1 saturated carbocycles. The molecule has 0 saturated heterocycles. The van der Waals surface area contributed by atoms with E-state index >= 15 is 0 Å². The Morgan fingerprint density at radius 1 is 1.22 bits per heavy atom. The highest BCUT2D eigenvalue weighted by Crippen LogP contribution is 2.51. The van der Waals surface area contributed by atoms with Gasteiger partial charge >= 0.3 is 0 Å². The summed E-state index contributed by atoms with van der Waals surface area (Å²) < 4.78 is 0. The molecule has 1 aromatic carbocycles. The fraction of sp³-hybridized carbons (Fsp3) is 0.533. The maximum Gasteiger partial charge on any atom is 0.164 e. The van der Waals surface area contributed by atoms with Gasteiger partial charge in [-0.3, -0.25) is 4.79 Å². The number of alkyl halides is 1. The highest BCUT2D eigenvalue weighted by atomic mass is 79.9. The van der Waals surface area contributed by atoms with Crippen LogP contribution < -0.4 is 0 Å². The van der Waals surface area contributed by atoms with Crippen molar-refractivity contribution in [2.45, 2.75) is 49.3 Å². The van der Waals surface area contributed by atoms with E-state index in [0.717, 1.165) is 39.9 Å². The zero-order valence-electron chi connectivity index (χ0n) is 10.3. The molecule has 0 N–H and O–H groups in total. The van der Waals surface area contributed by atoms with Gasteiger partial charge in [-0.2, -0.15) is 0 Å². The second-order valence-corrected chi connectivity index (χ2v) is 6.54. The first kappa shape index (κ1) is 12.7. The Hall–Kier alpha value is -0.340. The first-order valence-corrected chi connectivity index (χ1v) is 8.08. The summed E-state index contributed by atoms with van der Waals surface area (Å²) in [6, 6.07) is 4.05. The van der Waals surface area contributed by atoms with Crippen LogP contribution in [-0.2, 0) is 10.7 Å². The van der Waals surface area contributed by atoms with Crippen molar-refractivity contribution in [1.82, 2.24) is 0 Å². The fourth-order valence-electron chi connectivity index (χ4n) is 3.65. The Morgan fingerprint density at radius 2 is 1.94 bits per heavy atom. The average Bonchev–Trinajstić information content (AvgIpc) is 2.63. The van der Waals surface area contributed by atoms with Crippen molar-refractivity contribution in [3.8, 4) is 0 Å². The molecule has 96 valence electrons. The van der Waals surface area contributed by atoms with Crippen LogP contribution in [-0.4, -0.2) is 5.78 Å². The lowest BCUT2D eigenvalue weighted by Crippen LogP contribution is -2.26. The number of Topliss-reactive ketones (excluding diaryl/α,β-unsaturated/α-hetero) is 1. The van der Waals surface area contributed by atoms with Crippen molar-refractivity contribution in [2.75, 3.05) is 0 Å². The van der Waals surface area contributed by atoms with Crippen LogP contribution in [0, 0.1) is 0 Å². The standard InChI is InChI=1S/C15H16BrClO/c16-9-10-6-11-13(18)8-15(4-2-1-3-5-15)14(11)12(17)7-10/h6-7H,1-5,8-9H2. The molecule has 1 aromatic rings. The molecule has 0 unspecified atom stereocenters. The molecule has 0 aromatic heterocycles. The Bertz CT molecular complexity index is 503. The van der Waals surface area contributed by atoms with E-state index in [2.05, 4.69) is 15.9 Å². The van der Waals surface area contributed by atoms with Crippen LogP contribution >= 0.6 is 27.5 Å². The minimum atomic E-state index is 0.0621. The van der Waals surface area contributed by atoms with Crippen LogP contribution in [0.15, 0.2) is 12.1 Å². The number of ketones is 1. The number of carbonyl (C=O) groups excluding carboxylic acids is 1. The number of fused-ring (bicyclic) bond motifs is 2. The Kier molecular flexibility index (Phi) is 3.27. The Labute approximate surface area is 121 Å². The van der Waals surface area contributed by atoms with Crippen LogP contribution in [0.4, 0.5) is 0 Å². The lowest BCUT2D eigenvalue weighted by molar-refractivity contribution is 0.0962. The molecular formula is C15H16BrClO. The van der Waals surface area contributed by atoms with Gasteiger partial charge in [0.05, 0.1) is 0 Å². The number of carbonyl (C=O) groups is 1. The average molecular weight is 328 g/mol. The predicted octanol–water partition coefficient (Wildman–Crippen LogP) is 5.02. The largest absolute Gasteiger partial charge is 0.294 e. The maximum atomic E-state index is 12.3. The molecule has 1 nitrogen and oxygen atoms in total. The molecule has 1 fully saturated rings. The smallest absolute Gasteiger partial charge is 0.164 e. The molecule has 2 aliphatic rings. The fourth-order valence-corrected chi connectivity index (χ4v) is 4.41. The van der Waals surface area contributed by atoms with Gasteiger partial charge in [0.25, 0.3) is 0 Å². The van der Waals surface area contributed by atoms with Gasteiger partial charge in [0, 0.05) is 27.8 Å². The highest BCUT2D eigenvalue weighted by Gasteiger charge is 2.45. The second-order valence-electron chi connectivity index (χ2n) is 5.57. The maximum absolute atomic E-state index is 12.3. The van der Waals surface area contributed by atoms with Gasteiger partial charge in [-0.05, 0) is 36.1 Å². The van der Waals surface area contributed by atoms with Crippen LogP contribution in [0.5, 0.6) is 0 Å². The quantitative estimate of drug-likeness (QED) is 0.662. The van der Waals surface area contributed by atoms with E-state index in [1.165, 1.54) is 19.3 Å². The molecule has 0 aliphatic heterocycles. The number of halogens is 2. The molecule has 1 spiro atoms. The third-order valence-electron chi connectivity index (χ3n) is 4.44. The Morgan fingerprint density at radius 3 is 2.61 bits per heavy atom. The van der Waals surface area contributed by atoms with Gasteiger partial charge in [0.15, 0.2) is 5.78 Å². The first-order chi connectivity index (χ1) is 8.66. The van der Waals surface area contributed by atoms with E-state index in [1.807, 2.05) is 12.1 Å². The molecule has 0 atom stereocenters. The number of rotatable bonds is 1. The van der Waals surface area contributed by atoms with Crippen molar-refractivity contribution < 1.29 is 4.79 Å². The highest BCUT2D eigenvalue weighted by molar-refractivity contribution is 9.08.